The third-order valence-electron chi connectivity index (χ3n) is 3.26. The molecule has 0 amide bonds. The molecule has 2 atom stereocenters. The molecule has 1 aliphatic heterocycles. The highest BCUT2D eigenvalue weighted by Gasteiger charge is 2.30. The van der Waals surface area contributed by atoms with E-state index in [1.54, 1.807) is 0 Å². The van der Waals surface area contributed by atoms with Gasteiger partial charge in [-0.25, -0.2) is 0 Å². The highest BCUT2D eigenvalue weighted by atomic mass is 15.2. The molecule has 2 unspecified atom stereocenters. The quantitative estimate of drug-likeness (QED) is 0.583. The van der Waals surface area contributed by atoms with Crippen LogP contribution in [0.3, 0.4) is 0 Å². The lowest BCUT2D eigenvalue weighted by Crippen LogP contribution is -2.40. The molecule has 1 heterocycles. The second-order valence-electron chi connectivity index (χ2n) is 5.43. The SMILES string of the molecule is CC1CCN(C(C)C(C)(C)C)C1. The van der Waals surface area contributed by atoms with Gasteiger partial charge in [0.25, 0.3) is 0 Å². The van der Waals surface area contributed by atoms with Gasteiger partial charge in [0.15, 0.2) is 0 Å². The van der Waals surface area contributed by atoms with Crippen molar-refractivity contribution >= 4 is 0 Å². The van der Waals surface area contributed by atoms with Gasteiger partial charge in [-0.3, -0.25) is 4.90 Å². The predicted octanol–water partition coefficient (Wildman–Crippen LogP) is 2.76. The summed E-state index contributed by atoms with van der Waals surface area (Å²) in [5, 5.41) is 0. The first-order valence-corrected chi connectivity index (χ1v) is 5.15. The van der Waals surface area contributed by atoms with Gasteiger partial charge in [-0.15, -0.1) is 0 Å². The van der Waals surface area contributed by atoms with Crippen molar-refractivity contribution in [3.63, 3.8) is 0 Å². The molecule has 1 saturated heterocycles. The minimum absolute atomic E-state index is 0.435. The van der Waals surface area contributed by atoms with Crippen molar-refractivity contribution in [3.8, 4) is 0 Å². The lowest BCUT2D eigenvalue weighted by molar-refractivity contribution is 0.136. The third kappa shape index (κ3) is 2.22. The number of rotatable bonds is 1. The fourth-order valence-electron chi connectivity index (χ4n) is 1.87. The van der Waals surface area contributed by atoms with Crippen molar-refractivity contribution in [2.75, 3.05) is 13.1 Å². The summed E-state index contributed by atoms with van der Waals surface area (Å²) >= 11 is 0. The van der Waals surface area contributed by atoms with Crippen molar-refractivity contribution in [2.45, 2.75) is 47.1 Å². The van der Waals surface area contributed by atoms with E-state index < -0.39 is 0 Å². The van der Waals surface area contributed by atoms with Crippen LogP contribution in [-0.4, -0.2) is 24.0 Å². The van der Waals surface area contributed by atoms with E-state index in [0.717, 1.165) is 12.0 Å². The third-order valence-corrected chi connectivity index (χ3v) is 3.26. The van der Waals surface area contributed by atoms with Gasteiger partial charge in [0.2, 0.25) is 0 Å². The molecule has 12 heavy (non-hydrogen) atoms. The van der Waals surface area contributed by atoms with Gasteiger partial charge in [-0.2, -0.15) is 0 Å². The second kappa shape index (κ2) is 3.37. The highest BCUT2D eigenvalue weighted by molar-refractivity contribution is 4.84. The van der Waals surface area contributed by atoms with E-state index in [9.17, 15) is 0 Å². The normalized spacial score (nSPS) is 29.2. The Morgan fingerprint density at radius 1 is 1.33 bits per heavy atom. The maximum Gasteiger partial charge on any atom is 0.0116 e. The Morgan fingerprint density at radius 2 is 1.92 bits per heavy atom. The molecule has 0 N–H and O–H groups in total. The Morgan fingerprint density at radius 3 is 2.25 bits per heavy atom. The Kier molecular flexibility index (Phi) is 2.82. The van der Waals surface area contributed by atoms with Crippen molar-refractivity contribution in [3.05, 3.63) is 0 Å². The zero-order valence-corrected chi connectivity index (χ0v) is 9.22. The summed E-state index contributed by atoms with van der Waals surface area (Å²) < 4.78 is 0. The van der Waals surface area contributed by atoms with Gasteiger partial charge in [-0.05, 0) is 31.2 Å². The minimum Gasteiger partial charge on any atom is -0.300 e. The molecule has 0 aliphatic carbocycles. The first-order valence-electron chi connectivity index (χ1n) is 5.15. The number of nitrogens with zero attached hydrogens (tertiary/aromatic N) is 1. The summed E-state index contributed by atoms with van der Waals surface area (Å²) in [6, 6.07) is 0.724. The molecular formula is C11H23N. The Labute approximate surface area is 77.1 Å². The van der Waals surface area contributed by atoms with Crippen LogP contribution in [0.1, 0.15) is 41.0 Å². The highest BCUT2D eigenvalue weighted by Crippen LogP contribution is 2.28. The predicted molar refractivity (Wildman–Crippen MR) is 54.3 cm³/mol. The minimum atomic E-state index is 0.435. The molecule has 0 bridgehead atoms. The van der Waals surface area contributed by atoms with E-state index in [1.165, 1.54) is 19.5 Å². The van der Waals surface area contributed by atoms with Crippen molar-refractivity contribution in [2.24, 2.45) is 11.3 Å². The summed E-state index contributed by atoms with van der Waals surface area (Å²) in [5.41, 5.74) is 0.435. The molecule has 0 aromatic carbocycles. The van der Waals surface area contributed by atoms with Crippen LogP contribution >= 0.6 is 0 Å². The number of hydrogen-bond acceptors (Lipinski definition) is 1. The first kappa shape index (κ1) is 10.0. The van der Waals surface area contributed by atoms with E-state index in [1.807, 2.05) is 0 Å². The average Bonchev–Trinajstić information content (AvgIpc) is 2.32. The maximum absolute atomic E-state index is 2.63. The van der Waals surface area contributed by atoms with Gasteiger partial charge in [0, 0.05) is 12.6 Å². The Bertz CT molecular complexity index is 146. The smallest absolute Gasteiger partial charge is 0.0116 e. The fourth-order valence-corrected chi connectivity index (χ4v) is 1.87. The molecule has 1 rings (SSSR count). The lowest BCUT2D eigenvalue weighted by Gasteiger charge is -2.35. The van der Waals surface area contributed by atoms with Gasteiger partial charge in [0.05, 0.1) is 0 Å². The molecule has 0 radical (unpaired) electrons. The summed E-state index contributed by atoms with van der Waals surface area (Å²) in [7, 11) is 0. The molecule has 0 spiro atoms. The van der Waals surface area contributed by atoms with Gasteiger partial charge in [0.1, 0.15) is 0 Å². The molecular weight excluding hydrogens is 146 g/mol. The Hall–Kier alpha value is -0.0400. The monoisotopic (exact) mass is 169 g/mol. The van der Waals surface area contributed by atoms with E-state index >= 15 is 0 Å². The zero-order chi connectivity index (χ0) is 9.35. The van der Waals surface area contributed by atoms with Crippen LogP contribution in [0.5, 0.6) is 0 Å². The first-order chi connectivity index (χ1) is 5.41. The summed E-state index contributed by atoms with van der Waals surface area (Å²) in [6.45, 7) is 14.3. The average molecular weight is 169 g/mol. The summed E-state index contributed by atoms with van der Waals surface area (Å²) in [4.78, 5) is 2.63. The van der Waals surface area contributed by atoms with Crippen molar-refractivity contribution < 1.29 is 0 Å². The van der Waals surface area contributed by atoms with Crippen molar-refractivity contribution in [1.82, 2.24) is 4.90 Å². The van der Waals surface area contributed by atoms with E-state index in [2.05, 4.69) is 39.5 Å². The van der Waals surface area contributed by atoms with Crippen LogP contribution in [-0.2, 0) is 0 Å². The molecule has 1 heteroatoms. The van der Waals surface area contributed by atoms with Crippen LogP contribution < -0.4 is 0 Å². The molecule has 1 fully saturated rings. The van der Waals surface area contributed by atoms with Gasteiger partial charge < -0.3 is 0 Å². The molecule has 0 aromatic rings. The molecule has 0 aromatic heterocycles. The standard InChI is InChI=1S/C11H23N/c1-9-6-7-12(8-9)10(2)11(3,4)5/h9-10H,6-8H2,1-5H3. The lowest BCUT2D eigenvalue weighted by atomic mass is 9.87. The van der Waals surface area contributed by atoms with Crippen LogP contribution in [0.15, 0.2) is 0 Å². The summed E-state index contributed by atoms with van der Waals surface area (Å²) in [5.74, 6) is 0.912. The molecule has 72 valence electrons. The van der Waals surface area contributed by atoms with Crippen LogP contribution in [0.25, 0.3) is 0 Å². The van der Waals surface area contributed by atoms with Gasteiger partial charge in [-0.1, -0.05) is 27.7 Å². The summed E-state index contributed by atoms with van der Waals surface area (Å²) in [6.07, 6.45) is 1.39. The molecule has 0 saturated carbocycles. The maximum atomic E-state index is 2.63. The fraction of sp³-hybridized carbons (Fsp3) is 1.00. The van der Waals surface area contributed by atoms with E-state index in [-0.39, 0.29) is 0 Å². The van der Waals surface area contributed by atoms with Crippen LogP contribution in [0.4, 0.5) is 0 Å². The van der Waals surface area contributed by atoms with Gasteiger partial charge >= 0.3 is 0 Å². The number of hydrogen-bond donors (Lipinski definition) is 0. The second-order valence-corrected chi connectivity index (χ2v) is 5.43. The number of likely N-dealkylation sites (tertiary alicyclic amines) is 1. The van der Waals surface area contributed by atoms with Crippen LogP contribution in [0, 0.1) is 11.3 Å². The van der Waals surface area contributed by atoms with E-state index in [0.29, 0.717) is 5.41 Å². The molecule has 1 aliphatic rings. The van der Waals surface area contributed by atoms with Crippen LogP contribution in [0.2, 0.25) is 0 Å². The Balaban J connectivity index is 2.48. The molecule has 1 nitrogen and oxygen atoms in total. The topological polar surface area (TPSA) is 3.24 Å². The zero-order valence-electron chi connectivity index (χ0n) is 9.22. The van der Waals surface area contributed by atoms with E-state index in [4.69, 9.17) is 0 Å². The largest absolute Gasteiger partial charge is 0.300 e. The van der Waals surface area contributed by atoms with Crippen molar-refractivity contribution in [1.29, 1.82) is 0 Å².